The third-order valence-electron chi connectivity index (χ3n) is 1.66. The molecule has 2 heterocycles. The lowest BCUT2D eigenvalue weighted by Gasteiger charge is -1.98. The van der Waals surface area contributed by atoms with Crippen molar-refractivity contribution in [2.75, 3.05) is 0 Å². The Kier molecular flexibility index (Phi) is 1.48. The van der Waals surface area contributed by atoms with Gasteiger partial charge in [0.1, 0.15) is 0 Å². The van der Waals surface area contributed by atoms with Crippen LogP contribution in [0, 0.1) is 0 Å². The zero-order valence-corrected chi connectivity index (χ0v) is 6.14. The molecule has 0 saturated carbocycles. The first-order chi connectivity index (χ1) is 5.47. The zero-order chi connectivity index (χ0) is 7.52. The number of hydrogen-bond acceptors (Lipinski definition) is 0. The van der Waals surface area contributed by atoms with Crippen molar-refractivity contribution in [1.29, 1.82) is 0 Å². The van der Waals surface area contributed by atoms with Gasteiger partial charge in [-0.3, -0.25) is 0 Å². The van der Waals surface area contributed by atoms with Gasteiger partial charge in [-0.05, 0) is 24.3 Å². The fourth-order valence-electron chi connectivity index (χ4n) is 1.11. The van der Waals surface area contributed by atoms with E-state index in [9.17, 15) is 0 Å². The first-order valence-corrected chi connectivity index (χ1v) is 3.65. The average Bonchev–Trinajstić information content (AvgIpc) is 2.35. The normalized spacial score (nSPS) is 17.1. The average molecular weight is 143 g/mol. The summed E-state index contributed by atoms with van der Waals surface area (Å²) in [6, 6.07) is 4.12. The summed E-state index contributed by atoms with van der Waals surface area (Å²) in [5.41, 5.74) is 1.21. The van der Waals surface area contributed by atoms with E-state index in [2.05, 4.69) is 16.7 Å². The molecule has 2 rings (SSSR count). The summed E-state index contributed by atoms with van der Waals surface area (Å²) in [5.74, 6) is 0. The molecule has 0 bridgehead atoms. The molecule has 1 aliphatic heterocycles. The lowest BCUT2D eigenvalue weighted by molar-refractivity contribution is 1.15. The predicted molar refractivity (Wildman–Crippen MR) is 47.9 cm³/mol. The Morgan fingerprint density at radius 3 is 2.91 bits per heavy atom. The van der Waals surface area contributed by atoms with Gasteiger partial charge in [0.15, 0.2) is 0 Å². The van der Waals surface area contributed by atoms with Crippen LogP contribution in [0.25, 0.3) is 12.3 Å². The molecule has 0 N–H and O–H groups in total. The molecule has 54 valence electrons. The fraction of sp³-hybridized carbons (Fsp3) is 0. The van der Waals surface area contributed by atoms with Crippen LogP contribution in [0.1, 0.15) is 5.69 Å². The topological polar surface area (TPSA) is 4.93 Å². The van der Waals surface area contributed by atoms with Gasteiger partial charge in [-0.1, -0.05) is 18.2 Å². The van der Waals surface area contributed by atoms with E-state index in [0.717, 1.165) is 0 Å². The molecule has 0 fully saturated rings. The van der Waals surface area contributed by atoms with E-state index in [-0.39, 0.29) is 0 Å². The minimum atomic E-state index is 1.21. The SMILES string of the molecule is C1=C/C=C\n2cccc2C=C1. The highest BCUT2D eigenvalue weighted by Crippen LogP contribution is 2.07. The van der Waals surface area contributed by atoms with Crippen molar-refractivity contribution < 1.29 is 0 Å². The zero-order valence-electron chi connectivity index (χ0n) is 6.14. The van der Waals surface area contributed by atoms with E-state index in [1.807, 2.05) is 42.8 Å². The molecular formula is C10H9N. The Balaban J connectivity index is 2.52. The third kappa shape index (κ3) is 1.17. The maximum absolute atomic E-state index is 2.08. The number of rotatable bonds is 0. The van der Waals surface area contributed by atoms with Gasteiger partial charge >= 0.3 is 0 Å². The van der Waals surface area contributed by atoms with Crippen molar-refractivity contribution in [3.63, 3.8) is 0 Å². The quantitative estimate of drug-likeness (QED) is 0.526. The molecule has 0 amide bonds. The minimum absolute atomic E-state index is 1.21. The molecule has 1 aromatic rings. The summed E-state index contributed by atoms with van der Waals surface area (Å²) in [6.07, 6.45) is 14.2. The second kappa shape index (κ2) is 2.62. The summed E-state index contributed by atoms with van der Waals surface area (Å²) in [4.78, 5) is 0. The number of aromatic nitrogens is 1. The second-order valence-electron chi connectivity index (χ2n) is 2.43. The lowest BCUT2D eigenvalue weighted by atomic mass is 10.3. The van der Waals surface area contributed by atoms with Gasteiger partial charge in [-0.2, -0.15) is 0 Å². The largest absolute Gasteiger partial charge is 0.324 e. The Bertz CT molecular complexity index is 296. The van der Waals surface area contributed by atoms with E-state index in [0.29, 0.717) is 0 Å². The van der Waals surface area contributed by atoms with Crippen molar-refractivity contribution in [3.8, 4) is 0 Å². The first kappa shape index (κ1) is 6.23. The van der Waals surface area contributed by atoms with E-state index in [1.165, 1.54) is 5.69 Å². The smallest absolute Gasteiger partial charge is 0.0449 e. The summed E-state index contributed by atoms with van der Waals surface area (Å²) in [6.45, 7) is 0. The number of allylic oxidation sites excluding steroid dienone is 4. The second-order valence-corrected chi connectivity index (χ2v) is 2.43. The lowest BCUT2D eigenvalue weighted by Crippen LogP contribution is -1.86. The van der Waals surface area contributed by atoms with Gasteiger partial charge in [0, 0.05) is 18.1 Å². The minimum Gasteiger partial charge on any atom is -0.324 e. The molecule has 0 aromatic carbocycles. The number of fused-ring (bicyclic) bond motifs is 1. The molecule has 0 radical (unpaired) electrons. The van der Waals surface area contributed by atoms with Crippen LogP contribution in [0.3, 0.4) is 0 Å². The molecule has 0 spiro atoms. The van der Waals surface area contributed by atoms with E-state index < -0.39 is 0 Å². The predicted octanol–water partition coefficient (Wildman–Crippen LogP) is 2.54. The molecule has 11 heavy (non-hydrogen) atoms. The molecule has 0 atom stereocenters. The van der Waals surface area contributed by atoms with Crippen LogP contribution in [-0.2, 0) is 0 Å². The van der Waals surface area contributed by atoms with Crippen molar-refractivity contribution in [2.45, 2.75) is 0 Å². The van der Waals surface area contributed by atoms with Crippen LogP contribution in [0.4, 0.5) is 0 Å². The van der Waals surface area contributed by atoms with Gasteiger partial charge < -0.3 is 4.57 Å². The van der Waals surface area contributed by atoms with E-state index in [1.54, 1.807) is 0 Å². The van der Waals surface area contributed by atoms with E-state index >= 15 is 0 Å². The van der Waals surface area contributed by atoms with Gasteiger partial charge in [-0.25, -0.2) is 0 Å². The molecule has 0 aliphatic carbocycles. The Hall–Kier alpha value is -1.50. The Labute approximate surface area is 66.0 Å². The van der Waals surface area contributed by atoms with Gasteiger partial charge in [0.25, 0.3) is 0 Å². The van der Waals surface area contributed by atoms with Crippen LogP contribution in [0.2, 0.25) is 0 Å². The van der Waals surface area contributed by atoms with Gasteiger partial charge in [-0.15, -0.1) is 0 Å². The van der Waals surface area contributed by atoms with E-state index in [4.69, 9.17) is 0 Å². The van der Waals surface area contributed by atoms with Gasteiger partial charge in [0.05, 0.1) is 0 Å². The van der Waals surface area contributed by atoms with Crippen LogP contribution < -0.4 is 0 Å². The molecular weight excluding hydrogens is 134 g/mol. The standard InChI is InChI=1S/C10H9N/c1-2-4-8-11-9-5-7-10(11)6-3-1/h1-9H/b2-1?,6-3?,8-4-. The number of nitrogens with zero attached hydrogens (tertiary/aromatic N) is 1. The molecule has 0 unspecified atom stereocenters. The molecule has 1 aromatic heterocycles. The maximum Gasteiger partial charge on any atom is 0.0449 e. The highest BCUT2D eigenvalue weighted by atomic mass is 14.9. The monoisotopic (exact) mass is 143 g/mol. The summed E-state index contributed by atoms with van der Waals surface area (Å²) >= 11 is 0. The van der Waals surface area contributed by atoms with Crippen LogP contribution in [0.5, 0.6) is 0 Å². The maximum atomic E-state index is 2.08. The van der Waals surface area contributed by atoms with Crippen LogP contribution in [0.15, 0.2) is 42.6 Å². The van der Waals surface area contributed by atoms with Crippen molar-refractivity contribution >= 4 is 12.3 Å². The number of hydrogen-bond donors (Lipinski definition) is 0. The summed E-state index contributed by atoms with van der Waals surface area (Å²) in [7, 11) is 0. The van der Waals surface area contributed by atoms with Gasteiger partial charge in [0.2, 0.25) is 0 Å². The van der Waals surface area contributed by atoms with Crippen molar-refractivity contribution in [2.24, 2.45) is 0 Å². The molecule has 1 heteroatoms. The summed E-state index contributed by atoms with van der Waals surface area (Å²) in [5, 5.41) is 0. The fourth-order valence-corrected chi connectivity index (χ4v) is 1.11. The molecule has 1 nitrogen and oxygen atoms in total. The molecule has 0 saturated heterocycles. The third-order valence-corrected chi connectivity index (χ3v) is 1.66. The Morgan fingerprint density at radius 1 is 1.00 bits per heavy atom. The van der Waals surface area contributed by atoms with Crippen molar-refractivity contribution in [3.05, 3.63) is 48.3 Å². The summed E-state index contributed by atoms with van der Waals surface area (Å²) < 4.78 is 2.08. The van der Waals surface area contributed by atoms with Crippen LogP contribution in [-0.4, -0.2) is 4.57 Å². The van der Waals surface area contributed by atoms with Crippen molar-refractivity contribution in [1.82, 2.24) is 4.57 Å². The highest BCUT2D eigenvalue weighted by Gasteiger charge is 1.91. The Morgan fingerprint density at radius 2 is 1.91 bits per heavy atom. The van der Waals surface area contributed by atoms with Crippen LogP contribution >= 0.6 is 0 Å². The highest BCUT2D eigenvalue weighted by molar-refractivity contribution is 5.53. The first-order valence-electron chi connectivity index (χ1n) is 3.65. The molecule has 1 aliphatic rings.